The molecule has 12 heteroatoms. The number of amides is 1. The number of hydrogen-bond donors (Lipinski definition) is 2. The Morgan fingerprint density at radius 3 is 2.50 bits per heavy atom. The van der Waals surface area contributed by atoms with Gasteiger partial charge in [-0.05, 0) is 50.2 Å². The van der Waals surface area contributed by atoms with Crippen molar-refractivity contribution in [1.29, 1.82) is 0 Å². The monoisotopic (exact) mass is 528 g/mol. The van der Waals surface area contributed by atoms with E-state index in [4.69, 9.17) is 19.6 Å². The molecule has 0 bridgehead atoms. The standard InChI is InChI=1S/C26H23F3N4O5/c1-4-37-25(35)16-7-5-6-8-17(16)31-23(34)21-22(13(2)30)38-24(33-21)15-9-11-18(36-3)20-14(15)10-12-19(32-20)26(27,28)29/h5-13H,4,30H2,1-3H3,(H,31,34)/t13-/m0/s1. The number of benzene rings is 2. The van der Waals surface area contributed by atoms with Crippen LogP contribution in [0.25, 0.3) is 22.4 Å². The van der Waals surface area contributed by atoms with E-state index in [1.807, 2.05) is 0 Å². The number of carbonyl (C=O) groups is 2. The molecule has 9 nitrogen and oxygen atoms in total. The van der Waals surface area contributed by atoms with Crippen molar-refractivity contribution in [2.75, 3.05) is 19.0 Å². The number of hydrogen-bond acceptors (Lipinski definition) is 8. The summed E-state index contributed by atoms with van der Waals surface area (Å²) in [5.41, 5.74) is 5.33. The highest BCUT2D eigenvalue weighted by Crippen LogP contribution is 2.37. The number of para-hydroxylation sites is 1. The number of anilines is 1. The summed E-state index contributed by atoms with van der Waals surface area (Å²) in [5.74, 6) is -1.24. The van der Waals surface area contributed by atoms with Crippen molar-refractivity contribution in [3.8, 4) is 17.2 Å². The molecule has 0 saturated carbocycles. The van der Waals surface area contributed by atoms with Gasteiger partial charge in [-0.25, -0.2) is 14.8 Å². The first-order valence-electron chi connectivity index (χ1n) is 11.4. The molecular formula is C26H23F3N4O5. The Kier molecular flexibility index (Phi) is 7.35. The summed E-state index contributed by atoms with van der Waals surface area (Å²) in [7, 11) is 1.31. The van der Waals surface area contributed by atoms with Gasteiger partial charge in [0.05, 0.1) is 31.0 Å². The van der Waals surface area contributed by atoms with Crippen molar-refractivity contribution in [2.45, 2.75) is 26.1 Å². The van der Waals surface area contributed by atoms with E-state index in [0.717, 1.165) is 6.07 Å². The van der Waals surface area contributed by atoms with Crippen molar-refractivity contribution in [3.63, 3.8) is 0 Å². The lowest BCUT2D eigenvalue weighted by Crippen LogP contribution is -2.19. The van der Waals surface area contributed by atoms with Crippen LogP contribution in [0, 0.1) is 0 Å². The lowest BCUT2D eigenvalue weighted by Gasteiger charge is -2.11. The second kappa shape index (κ2) is 10.5. The lowest BCUT2D eigenvalue weighted by atomic mass is 10.1. The first-order chi connectivity index (χ1) is 18.0. The van der Waals surface area contributed by atoms with E-state index < -0.39 is 29.8 Å². The Labute approximate surface area is 214 Å². The van der Waals surface area contributed by atoms with E-state index in [2.05, 4.69) is 15.3 Å². The molecule has 3 N–H and O–H groups in total. The van der Waals surface area contributed by atoms with Gasteiger partial charge in [-0.3, -0.25) is 4.79 Å². The first-order valence-corrected chi connectivity index (χ1v) is 11.4. The number of aromatic nitrogens is 2. The molecular weight excluding hydrogens is 505 g/mol. The molecule has 0 radical (unpaired) electrons. The molecule has 2 aromatic carbocycles. The minimum absolute atomic E-state index is 0.0370. The van der Waals surface area contributed by atoms with Gasteiger partial charge in [-0.1, -0.05) is 12.1 Å². The number of nitrogens with zero attached hydrogens (tertiary/aromatic N) is 2. The molecule has 0 aliphatic carbocycles. The van der Waals surface area contributed by atoms with Gasteiger partial charge in [0.1, 0.15) is 17.0 Å². The minimum Gasteiger partial charge on any atom is -0.494 e. The van der Waals surface area contributed by atoms with Crippen LogP contribution in [0.5, 0.6) is 5.75 Å². The van der Waals surface area contributed by atoms with Crippen LogP contribution in [-0.4, -0.2) is 35.6 Å². The molecule has 198 valence electrons. The zero-order chi connectivity index (χ0) is 27.6. The number of carbonyl (C=O) groups excluding carboxylic acids is 2. The highest BCUT2D eigenvalue weighted by molar-refractivity contribution is 6.08. The van der Waals surface area contributed by atoms with Crippen LogP contribution in [0.4, 0.5) is 18.9 Å². The van der Waals surface area contributed by atoms with Gasteiger partial charge in [0, 0.05) is 10.9 Å². The zero-order valence-electron chi connectivity index (χ0n) is 20.6. The van der Waals surface area contributed by atoms with E-state index >= 15 is 0 Å². The van der Waals surface area contributed by atoms with Crippen molar-refractivity contribution in [2.24, 2.45) is 5.73 Å². The Morgan fingerprint density at radius 1 is 1.11 bits per heavy atom. The quantitative estimate of drug-likeness (QED) is 0.307. The average Bonchev–Trinajstić information content (AvgIpc) is 3.33. The smallest absolute Gasteiger partial charge is 0.433 e. The summed E-state index contributed by atoms with van der Waals surface area (Å²) in [4.78, 5) is 33.6. The molecule has 2 aromatic heterocycles. The molecule has 0 saturated heterocycles. The SMILES string of the molecule is CCOC(=O)c1ccccc1NC(=O)c1nc(-c2ccc(OC)c3nc(C(F)(F)F)ccc23)oc1[C@H](C)N. The summed E-state index contributed by atoms with van der Waals surface area (Å²) in [6.07, 6.45) is -4.66. The summed E-state index contributed by atoms with van der Waals surface area (Å²) < 4.78 is 55.9. The van der Waals surface area contributed by atoms with Crippen molar-refractivity contribution < 1.29 is 36.7 Å². The molecule has 0 unspecified atom stereocenters. The highest BCUT2D eigenvalue weighted by Gasteiger charge is 2.33. The molecule has 1 atom stereocenters. The number of oxazole rings is 1. The van der Waals surface area contributed by atoms with Crippen LogP contribution in [0.1, 0.15) is 52.2 Å². The van der Waals surface area contributed by atoms with Crippen LogP contribution in [0.15, 0.2) is 52.9 Å². The number of pyridine rings is 1. The van der Waals surface area contributed by atoms with Gasteiger partial charge < -0.3 is 24.9 Å². The molecule has 0 spiro atoms. The number of alkyl halides is 3. The molecule has 0 aliphatic heterocycles. The highest BCUT2D eigenvalue weighted by atomic mass is 19.4. The minimum atomic E-state index is -4.66. The summed E-state index contributed by atoms with van der Waals surface area (Å²) in [6.45, 7) is 3.39. The van der Waals surface area contributed by atoms with Gasteiger partial charge in [-0.15, -0.1) is 0 Å². The van der Waals surface area contributed by atoms with Gasteiger partial charge >= 0.3 is 12.1 Å². The Bertz CT molecular complexity index is 1510. The maximum absolute atomic E-state index is 13.3. The first kappa shape index (κ1) is 26.6. The summed E-state index contributed by atoms with van der Waals surface area (Å²) >= 11 is 0. The average molecular weight is 528 g/mol. The van der Waals surface area contributed by atoms with Gasteiger partial charge in [0.25, 0.3) is 5.91 Å². The van der Waals surface area contributed by atoms with E-state index in [9.17, 15) is 22.8 Å². The lowest BCUT2D eigenvalue weighted by molar-refractivity contribution is -0.140. The molecule has 4 rings (SSSR count). The van der Waals surface area contributed by atoms with Gasteiger partial charge in [0.15, 0.2) is 11.5 Å². The van der Waals surface area contributed by atoms with E-state index in [0.29, 0.717) is 0 Å². The predicted octanol–water partition coefficient (Wildman–Crippen LogP) is 5.37. The molecule has 38 heavy (non-hydrogen) atoms. The number of nitrogens with two attached hydrogens (primary N) is 1. The second-order valence-corrected chi connectivity index (χ2v) is 8.15. The fourth-order valence-corrected chi connectivity index (χ4v) is 3.78. The molecule has 0 aliphatic rings. The Balaban J connectivity index is 1.79. The molecule has 4 aromatic rings. The Hall–Kier alpha value is -4.45. The van der Waals surface area contributed by atoms with Gasteiger partial charge in [-0.2, -0.15) is 13.2 Å². The van der Waals surface area contributed by atoms with Crippen molar-refractivity contribution >= 4 is 28.5 Å². The van der Waals surface area contributed by atoms with Crippen molar-refractivity contribution in [3.05, 3.63) is 71.2 Å². The number of methoxy groups -OCH3 is 1. The fraction of sp³-hybridized carbons (Fsp3) is 0.231. The largest absolute Gasteiger partial charge is 0.494 e. The van der Waals surface area contributed by atoms with E-state index in [-0.39, 0.29) is 57.4 Å². The number of halogens is 3. The van der Waals surface area contributed by atoms with Crippen LogP contribution in [0.3, 0.4) is 0 Å². The third kappa shape index (κ3) is 5.16. The van der Waals surface area contributed by atoms with Crippen molar-refractivity contribution in [1.82, 2.24) is 9.97 Å². The van der Waals surface area contributed by atoms with Gasteiger partial charge in [0.2, 0.25) is 5.89 Å². The number of ether oxygens (including phenoxy) is 2. The zero-order valence-corrected chi connectivity index (χ0v) is 20.6. The normalized spacial score (nSPS) is 12.3. The van der Waals surface area contributed by atoms with E-state index in [1.54, 1.807) is 26.0 Å². The molecule has 1 amide bonds. The number of fused-ring (bicyclic) bond motifs is 1. The van der Waals surface area contributed by atoms with Crippen LogP contribution >= 0.6 is 0 Å². The fourth-order valence-electron chi connectivity index (χ4n) is 3.78. The molecule has 0 fully saturated rings. The second-order valence-electron chi connectivity index (χ2n) is 8.15. The van der Waals surface area contributed by atoms with Crippen LogP contribution in [-0.2, 0) is 10.9 Å². The van der Waals surface area contributed by atoms with Crippen LogP contribution < -0.4 is 15.8 Å². The Morgan fingerprint density at radius 2 is 1.84 bits per heavy atom. The third-order valence-corrected chi connectivity index (χ3v) is 5.51. The summed E-state index contributed by atoms with van der Waals surface area (Å²) in [6, 6.07) is 10.5. The van der Waals surface area contributed by atoms with Crippen LogP contribution in [0.2, 0.25) is 0 Å². The number of nitrogens with one attached hydrogen (secondary N) is 1. The number of rotatable bonds is 7. The molecule has 2 heterocycles. The predicted molar refractivity (Wildman–Crippen MR) is 132 cm³/mol. The van der Waals surface area contributed by atoms with E-state index in [1.165, 1.54) is 37.4 Å². The maximum Gasteiger partial charge on any atom is 0.433 e. The topological polar surface area (TPSA) is 130 Å². The number of esters is 1. The summed E-state index contributed by atoms with van der Waals surface area (Å²) in [5, 5.41) is 2.89. The third-order valence-electron chi connectivity index (χ3n) is 5.51. The maximum atomic E-state index is 13.3.